The van der Waals surface area contributed by atoms with Crippen molar-refractivity contribution in [1.29, 1.82) is 0 Å². The minimum Gasteiger partial charge on any atom is -0.486 e. The van der Waals surface area contributed by atoms with Crippen LogP contribution in [-0.4, -0.2) is 24.5 Å². The second-order valence-electron chi connectivity index (χ2n) is 11.9. The van der Waals surface area contributed by atoms with E-state index in [1.165, 1.54) is 0 Å². The van der Waals surface area contributed by atoms with Gasteiger partial charge in [0.1, 0.15) is 24.7 Å². The zero-order valence-corrected chi connectivity index (χ0v) is 37.6. The Morgan fingerprint density at radius 3 is 1.46 bits per heavy atom. The van der Waals surface area contributed by atoms with E-state index in [-0.39, 0.29) is 32.1 Å². The third-order valence-corrected chi connectivity index (χ3v) is 11.0. The van der Waals surface area contributed by atoms with Crippen LogP contribution >= 0.6 is 110 Å². The second-order valence-corrected chi connectivity index (χ2v) is 16.9. The molecule has 0 radical (unpaired) electrons. The van der Waals surface area contributed by atoms with Crippen LogP contribution in [0.4, 0.5) is 11.4 Å². The van der Waals surface area contributed by atoms with Gasteiger partial charge in [-0.05, 0) is 157 Å². The Labute approximate surface area is 357 Å². The minimum atomic E-state index is -0.609. The third-order valence-electron chi connectivity index (χ3n) is 7.36. The predicted molar refractivity (Wildman–Crippen MR) is 226 cm³/mol. The molecule has 15 heteroatoms. The molecule has 0 atom stereocenters. The number of carbonyl (C=O) groups is 2. The molecular weight excluding hydrogens is 1010 g/mol. The molecule has 7 nitrogen and oxygen atoms in total. The number of aryl methyl sites for hydroxylation is 2. The highest BCUT2D eigenvalue weighted by atomic mass is 79.9. The fourth-order valence-electron chi connectivity index (χ4n) is 5.05. The summed E-state index contributed by atoms with van der Waals surface area (Å²) in [6.45, 7) is 7.07. The van der Waals surface area contributed by atoms with E-state index < -0.39 is 11.9 Å². The normalized spacial score (nSPS) is 11.1. The Balaban J connectivity index is 1.27. The average Bonchev–Trinajstić information content (AvgIpc) is 3.05. The topological polar surface area (TPSA) is 85.9 Å². The first-order valence-corrected chi connectivity index (χ1v) is 20.7. The Kier molecular flexibility index (Phi) is 16.8. The predicted octanol–water partition coefficient (Wildman–Crippen LogP) is 13.4. The summed E-state index contributed by atoms with van der Waals surface area (Å²) in [7, 11) is 0. The number of benzene rings is 4. The van der Waals surface area contributed by atoms with Crippen LogP contribution in [-0.2, 0) is 40.4 Å². The van der Waals surface area contributed by atoms with E-state index in [0.29, 0.717) is 68.9 Å². The summed E-state index contributed by atoms with van der Waals surface area (Å²) in [6, 6.07) is 14.7. The van der Waals surface area contributed by atoms with Crippen molar-refractivity contribution in [3.63, 3.8) is 0 Å². The third kappa shape index (κ3) is 12.4. The molecule has 0 spiro atoms. The van der Waals surface area contributed by atoms with E-state index in [1.54, 1.807) is 24.3 Å². The molecule has 278 valence electrons. The molecule has 4 rings (SSSR count). The zero-order valence-electron chi connectivity index (χ0n) is 28.2. The Morgan fingerprint density at radius 1 is 0.654 bits per heavy atom. The lowest BCUT2D eigenvalue weighted by Crippen LogP contribution is -2.13. The number of halogens is 8. The van der Waals surface area contributed by atoms with E-state index in [2.05, 4.69) is 74.4 Å². The lowest BCUT2D eigenvalue weighted by Gasteiger charge is -2.17. The molecular formula is C37H34Br4Cl4N2O5. The average molecular weight is 1050 g/mol. The van der Waals surface area contributed by atoms with Crippen molar-refractivity contribution in [2.75, 3.05) is 17.2 Å². The molecule has 0 aliphatic heterocycles. The van der Waals surface area contributed by atoms with E-state index in [9.17, 15) is 9.59 Å². The van der Waals surface area contributed by atoms with Crippen molar-refractivity contribution >= 4 is 133 Å². The van der Waals surface area contributed by atoms with Crippen LogP contribution in [0, 0.1) is 0 Å². The molecule has 0 unspecified atom stereocenters. The molecule has 0 aromatic heterocycles. The monoisotopic (exact) mass is 1040 g/mol. The molecule has 4 aromatic carbocycles. The van der Waals surface area contributed by atoms with Crippen LogP contribution < -0.4 is 20.1 Å². The van der Waals surface area contributed by atoms with Gasteiger partial charge in [0.05, 0.1) is 52.2 Å². The summed E-state index contributed by atoms with van der Waals surface area (Å²) in [4.78, 5) is 25.1. The number of hydrogen-bond acceptors (Lipinski definition) is 7. The highest BCUT2D eigenvalue weighted by Crippen LogP contribution is 2.39. The minimum absolute atomic E-state index is 0.0182. The van der Waals surface area contributed by atoms with Gasteiger partial charge < -0.3 is 24.8 Å². The van der Waals surface area contributed by atoms with Crippen molar-refractivity contribution < 1.29 is 23.8 Å². The smallest absolute Gasteiger partial charge is 0.313 e. The van der Waals surface area contributed by atoms with Crippen molar-refractivity contribution in [1.82, 2.24) is 0 Å². The van der Waals surface area contributed by atoms with Crippen LogP contribution in [0.2, 0.25) is 20.1 Å². The zero-order chi connectivity index (χ0) is 38.1. The van der Waals surface area contributed by atoms with Crippen LogP contribution in [0.15, 0.2) is 66.4 Å². The summed E-state index contributed by atoms with van der Waals surface area (Å²) in [5.74, 6) is -0.0822. The molecule has 2 N–H and O–H groups in total. The van der Waals surface area contributed by atoms with Gasteiger partial charge in [-0.25, -0.2) is 0 Å². The van der Waals surface area contributed by atoms with Crippen LogP contribution in [0.25, 0.3) is 0 Å². The second kappa shape index (κ2) is 20.3. The number of hydrogen-bond donors (Lipinski definition) is 2. The fourth-order valence-corrected chi connectivity index (χ4v) is 9.00. The fraction of sp³-hybridized carbons (Fsp3) is 0.297. The maximum absolute atomic E-state index is 12.6. The maximum atomic E-state index is 12.6. The maximum Gasteiger partial charge on any atom is 0.313 e. The summed E-state index contributed by atoms with van der Waals surface area (Å²) < 4.78 is 20.0. The van der Waals surface area contributed by atoms with Gasteiger partial charge in [-0.1, -0.05) is 46.4 Å². The number of esters is 2. The molecule has 0 fully saturated rings. The van der Waals surface area contributed by atoms with Crippen LogP contribution in [0.5, 0.6) is 11.5 Å². The molecule has 52 heavy (non-hydrogen) atoms. The van der Waals surface area contributed by atoms with Gasteiger partial charge in [0.25, 0.3) is 0 Å². The lowest BCUT2D eigenvalue weighted by atomic mass is 10.1. The molecule has 4 aromatic rings. The highest BCUT2D eigenvalue weighted by molar-refractivity contribution is 9.11. The van der Waals surface area contributed by atoms with Gasteiger partial charge in [0.15, 0.2) is 0 Å². The Bertz CT molecular complexity index is 1900. The van der Waals surface area contributed by atoms with E-state index >= 15 is 0 Å². The first-order chi connectivity index (χ1) is 24.6. The van der Waals surface area contributed by atoms with Gasteiger partial charge in [-0.3, -0.25) is 9.59 Å². The van der Waals surface area contributed by atoms with Gasteiger partial charge in [0, 0.05) is 33.8 Å². The van der Waals surface area contributed by atoms with Crippen molar-refractivity contribution in [2.45, 2.75) is 65.7 Å². The van der Waals surface area contributed by atoms with Crippen molar-refractivity contribution in [2.24, 2.45) is 0 Å². The molecule has 0 amide bonds. The van der Waals surface area contributed by atoms with E-state index in [4.69, 9.17) is 60.6 Å². The summed E-state index contributed by atoms with van der Waals surface area (Å²) >= 11 is 40.0. The molecule has 0 heterocycles. The Hall–Kier alpha value is -1.70. The number of carbonyl (C=O) groups excluding carboxylic acids is 2. The van der Waals surface area contributed by atoms with Gasteiger partial charge in [0.2, 0.25) is 0 Å². The van der Waals surface area contributed by atoms with Crippen molar-refractivity contribution in [3.8, 4) is 11.5 Å². The van der Waals surface area contributed by atoms with Crippen LogP contribution in [0.3, 0.4) is 0 Å². The molecule has 0 saturated carbocycles. The largest absolute Gasteiger partial charge is 0.486 e. The summed E-state index contributed by atoms with van der Waals surface area (Å²) in [5, 5.41) is 8.64. The number of nitrogens with one attached hydrogen (secondary N) is 2. The number of rotatable bonds is 16. The first-order valence-electron chi connectivity index (χ1n) is 16.1. The number of anilines is 2. The number of ether oxygens (including phenoxy) is 3. The first kappa shape index (κ1) is 43.0. The van der Waals surface area contributed by atoms with Gasteiger partial charge >= 0.3 is 11.9 Å². The molecule has 0 saturated heterocycles. The molecule has 0 aliphatic carbocycles. The van der Waals surface area contributed by atoms with E-state index in [0.717, 1.165) is 33.6 Å². The van der Waals surface area contributed by atoms with Gasteiger partial charge in [-0.2, -0.15) is 0 Å². The van der Waals surface area contributed by atoms with Crippen LogP contribution in [0.1, 0.15) is 55.9 Å². The summed E-state index contributed by atoms with van der Waals surface area (Å²) in [6.07, 6.45) is 0.745. The lowest BCUT2D eigenvalue weighted by molar-refractivity contribution is -0.159. The van der Waals surface area contributed by atoms with E-state index in [1.807, 2.05) is 45.0 Å². The standard InChI is InChI=1S/C37H34Br4Cl4N2O5/c1-4-46-30-15-24(42)13-22(34(30)44)17-50-36-26(38)9-20(10-27(36)39)5-7-32(48)52-33(49)8-6-21-11-28(40)37(29(41)12-21)51-18-23-14-25(43)16-31(35(23)45)47-19(2)3/h9-16,19,46-47H,4-8,17-18H2,1-3H3. The SMILES string of the molecule is CCNc1cc(Cl)cc(COc2c(Br)cc(CCC(=O)OC(=O)CCc3cc(Br)c(OCc4cc(Cl)cc(NC(C)C)c4Cl)c(Br)c3)cc2Br)c1Cl. The highest BCUT2D eigenvalue weighted by Gasteiger charge is 2.18. The van der Waals surface area contributed by atoms with Crippen molar-refractivity contribution in [3.05, 3.63) is 109 Å². The van der Waals surface area contributed by atoms with Gasteiger partial charge in [-0.15, -0.1) is 0 Å². The quantitative estimate of drug-likeness (QED) is 0.0854. The molecule has 0 bridgehead atoms. The summed E-state index contributed by atoms with van der Waals surface area (Å²) in [5.41, 5.74) is 4.62. The Morgan fingerprint density at radius 2 is 1.06 bits per heavy atom. The molecule has 0 aliphatic rings.